The molecule has 3 unspecified atom stereocenters. The number of benzene rings is 1. The van der Waals surface area contributed by atoms with E-state index >= 15 is 0 Å². The number of amides is 2. The maximum absolute atomic E-state index is 13.9. The Morgan fingerprint density at radius 2 is 2.12 bits per heavy atom. The van der Waals surface area contributed by atoms with Crippen LogP contribution in [0.2, 0.25) is 0 Å². The van der Waals surface area contributed by atoms with E-state index in [1.54, 1.807) is 0 Å². The molecule has 3 N–H and O–H groups in total. The van der Waals surface area contributed by atoms with E-state index in [-0.39, 0.29) is 42.4 Å². The van der Waals surface area contributed by atoms with Crippen LogP contribution < -0.4 is 16.0 Å². The van der Waals surface area contributed by atoms with Gasteiger partial charge in [0.25, 0.3) is 0 Å². The van der Waals surface area contributed by atoms with Crippen LogP contribution in [0.4, 0.5) is 14.5 Å². The SMILES string of the molecule is NCC1CCCC1NC(=O)C1CC(=O)N(c2ccc(F)cc2F)C1. The third kappa shape index (κ3) is 3.26. The molecule has 2 amide bonds. The summed E-state index contributed by atoms with van der Waals surface area (Å²) in [4.78, 5) is 25.8. The Bertz CT molecular complexity index is 653. The van der Waals surface area contributed by atoms with E-state index in [0.717, 1.165) is 31.4 Å². The fourth-order valence-corrected chi connectivity index (χ4v) is 3.63. The van der Waals surface area contributed by atoms with Crippen LogP contribution in [-0.4, -0.2) is 30.9 Å². The molecule has 130 valence electrons. The summed E-state index contributed by atoms with van der Waals surface area (Å²) in [6.07, 6.45) is 2.95. The Labute approximate surface area is 139 Å². The molecule has 2 fully saturated rings. The Hall–Kier alpha value is -2.02. The van der Waals surface area contributed by atoms with Gasteiger partial charge in [-0.1, -0.05) is 6.42 Å². The molecule has 3 atom stereocenters. The Kier molecular flexibility index (Phi) is 4.80. The van der Waals surface area contributed by atoms with E-state index in [1.165, 1.54) is 11.0 Å². The van der Waals surface area contributed by atoms with Gasteiger partial charge in [-0.2, -0.15) is 0 Å². The van der Waals surface area contributed by atoms with Crippen LogP contribution in [0.25, 0.3) is 0 Å². The molecule has 0 spiro atoms. The topological polar surface area (TPSA) is 75.4 Å². The molecule has 1 aliphatic heterocycles. The van der Waals surface area contributed by atoms with Gasteiger partial charge in [-0.05, 0) is 37.4 Å². The lowest BCUT2D eigenvalue weighted by Crippen LogP contribution is -2.43. The molecular weight excluding hydrogens is 316 g/mol. The van der Waals surface area contributed by atoms with Crippen molar-refractivity contribution in [1.82, 2.24) is 5.32 Å². The lowest BCUT2D eigenvalue weighted by Gasteiger charge is -2.22. The quantitative estimate of drug-likeness (QED) is 0.875. The number of halogens is 2. The minimum Gasteiger partial charge on any atom is -0.353 e. The van der Waals surface area contributed by atoms with Gasteiger partial charge in [-0.3, -0.25) is 9.59 Å². The van der Waals surface area contributed by atoms with E-state index < -0.39 is 17.6 Å². The summed E-state index contributed by atoms with van der Waals surface area (Å²) in [6.45, 7) is 0.634. The van der Waals surface area contributed by atoms with Crippen molar-refractivity contribution in [3.05, 3.63) is 29.8 Å². The maximum Gasteiger partial charge on any atom is 0.227 e. The zero-order valence-electron chi connectivity index (χ0n) is 13.3. The molecule has 1 aromatic carbocycles. The highest BCUT2D eigenvalue weighted by molar-refractivity contribution is 6.00. The molecule has 1 aliphatic carbocycles. The van der Waals surface area contributed by atoms with Crippen LogP contribution in [-0.2, 0) is 9.59 Å². The summed E-state index contributed by atoms with van der Waals surface area (Å²) in [5, 5.41) is 2.99. The highest BCUT2D eigenvalue weighted by Crippen LogP contribution is 2.29. The van der Waals surface area contributed by atoms with Gasteiger partial charge in [0, 0.05) is 25.1 Å². The number of anilines is 1. The van der Waals surface area contributed by atoms with Crippen molar-refractivity contribution < 1.29 is 18.4 Å². The average Bonchev–Trinajstić information content (AvgIpc) is 3.14. The highest BCUT2D eigenvalue weighted by Gasteiger charge is 2.38. The molecule has 0 bridgehead atoms. The first-order chi connectivity index (χ1) is 11.5. The largest absolute Gasteiger partial charge is 0.353 e. The second kappa shape index (κ2) is 6.84. The highest BCUT2D eigenvalue weighted by atomic mass is 19.1. The molecule has 1 saturated heterocycles. The van der Waals surface area contributed by atoms with Crippen molar-refractivity contribution in [3.8, 4) is 0 Å². The number of hydrogen-bond donors (Lipinski definition) is 2. The van der Waals surface area contributed by atoms with E-state index in [2.05, 4.69) is 5.32 Å². The maximum atomic E-state index is 13.9. The summed E-state index contributed by atoms with van der Waals surface area (Å²) in [7, 11) is 0. The first kappa shape index (κ1) is 16.8. The number of rotatable bonds is 4. The molecule has 1 heterocycles. The van der Waals surface area contributed by atoms with Gasteiger partial charge in [0.1, 0.15) is 11.6 Å². The summed E-state index contributed by atoms with van der Waals surface area (Å²) in [5.41, 5.74) is 5.73. The van der Waals surface area contributed by atoms with E-state index in [0.29, 0.717) is 6.54 Å². The monoisotopic (exact) mass is 337 g/mol. The standard InChI is InChI=1S/C17H21F2N3O2/c18-12-4-5-15(13(19)7-12)22-9-11(6-16(22)23)17(24)21-14-3-1-2-10(14)8-20/h4-5,7,10-11,14H,1-3,6,8-9,20H2,(H,21,24). The Morgan fingerprint density at radius 1 is 1.33 bits per heavy atom. The molecule has 7 heteroatoms. The van der Waals surface area contributed by atoms with Crippen molar-refractivity contribution >= 4 is 17.5 Å². The smallest absolute Gasteiger partial charge is 0.227 e. The third-order valence-corrected chi connectivity index (χ3v) is 4.99. The van der Waals surface area contributed by atoms with Crippen molar-refractivity contribution in [2.45, 2.75) is 31.7 Å². The van der Waals surface area contributed by atoms with Gasteiger partial charge < -0.3 is 16.0 Å². The molecule has 3 rings (SSSR count). The first-order valence-corrected chi connectivity index (χ1v) is 8.25. The second-order valence-electron chi connectivity index (χ2n) is 6.54. The number of nitrogens with zero attached hydrogens (tertiary/aromatic N) is 1. The molecule has 0 aromatic heterocycles. The molecule has 2 aliphatic rings. The van der Waals surface area contributed by atoms with Crippen LogP contribution in [0, 0.1) is 23.5 Å². The summed E-state index contributed by atoms with van der Waals surface area (Å²) in [6, 6.07) is 3.11. The minimum absolute atomic E-state index is 0.0115. The van der Waals surface area contributed by atoms with E-state index in [1.807, 2.05) is 0 Å². The molecule has 24 heavy (non-hydrogen) atoms. The summed E-state index contributed by atoms with van der Waals surface area (Å²) < 4.78 is 26.9. The zero-order chi connectivity index (χ0) is 17.3. The lowest BCUT2D eigenvalue weighted by atomic mass is 10.0. The zero-order valence-corrected chi connectivity index (χ0v) is 13.3. The average molecular weight is 337 g/mol. The lowest BCUT2D eigenvalue weighted by molar-refractivity contribution is -0.127. The van der Waals surface area contributed by atoms with Crippen molar-refractivity contribution in [1.29, 1.82) is 0 Å². The number of nitrogens with one attached hydrogen (secondary N) is 1. The molecular formula is C17H21F2N3O2. The molecule has 1 saturated carbocycles. The van der Waals surface area contributed by atoms with Gasteiger partial charge in [-0.25, -0.2) is 8.78 Å². The van der Waals surface area contributed by atoms with Gasteiger partial charge in [-0.15, -0.1) is 0 Å². The van der Waals surface area contributed by atoms with Crippen LogP contribution in [0.5, 0.6) is 0 Å². The minimum atomic E-state index is -0.802. The molecule has 0 radical (unpaired) electrons. The number of carbonyl (C=O) groups excluding carboxylic acids is 2. The van der Waals surface area contributed by atoms with Crippen LogP contribution in [0.15, 0.2) is 18.2 Å². The molecule has 1 aromatic rings. The van der Waals surface area contributed by atoms with Crippen LogP contribution in [0.1, 0.15) is 25.7 Å². The Morgan fingerprint density at radius 3 is 2.83 bits per heavy atom. The fraction of sp³-hybridized carbons (Fsp3) is 0.529. The van der Waals surface area contributed by atoms with Gasteiger partial charge >= 0.3 is 0 Å². The number of nitrogens with two attached hydrogens (primary N) is 1. The predicted molar refractivity (Wildman–Crippen MR) is 85.1 cm³/mol. The number of carbonyl (C=O) groups is 2. The van der Waals surface area contributed by atoms with Gasteiger partial charge in [0.15, 0.2) is 0 Å². The summed E-state index contributed by atoms with van der Waals surface area (Å²) in [5.74, 6) is -2.28. The van der Waals surface area contributed by atoms with Gasteiger partial charge in [0.2, 0.25) is 11.8 Å². The third-order valence-electron chi connectivity index (χ3n) is 4.99. The first-order valence-electron chi connectivity index (χ1n) is 8.25. The van der Waals surface area contributed by atoms with Crippen LogP contribution >= 0.6 is 0 Å². The number of hydrogen-bond acceptors (Lipinski definition) is 3. The summed E-state index contributed by atoms with van der Waals surface area (Å²) >= 11 is 0. The predicted octanol–water partition coefficient (Wildman–Crippen LogP) is 1.56. The van der Waals surface area contributed by atoms with Crippen molar-refractivity contribution in [3.63, 3.8) is 0 Å². The Balaban J connectivity index is 1.67. The van der Waals surface area contributed by atoms with Crippen molar-refractivity contribution in [2.24, 2.45) is 17.6 Å². The van der Waals surface area contributed by atoms with Crippen LogP contribution in [0.3, 0.4) is 0 Å². The van der Waals surface area contributed by atoms with E-state index in [9.17, 15) is 18.4 Å². The fourth-order valence-electron chi connectivity index (χ4n) is 3.63. The second-order valence-corrected chi connectivity index (χ2v) is 6.54. The molecule has 5 nitrogen and oxygen atoms in total. The van der Waals surface area contributed by atoms with E-state index in [4.69, 9.17) is 5.73 Å². The normalized spacial score (nSPS) is 26.9. The van der Waals surface area contributed by atoms with Crippen molar-refractivity contribution in [2.75, 3.05) is 18.0 Å². The van der Waals surface area contributed by atoms with Gasteiger partial charge in [0.05, 0.1) is 11.6 Å².